The van der Waals surface area contributed by atoms with Crippen molar-refractivity contribution in [1.82, 2.24) is 39.8 Å². The van der Waals surface area contributed by atoms with Gasteiger partial charge < -0.3 is 29.1 Å². The number of fused-ring (bicyclic) bond motifs is 6. The molecule has 3 unspecified atom stereocenters. The zero-order chi connectivity index (χ0) is 49.7. The van der Waals surface area contributed by atoms with E-state index in [2.05, 4.69) is 33.3 Å². The number of nitrogens with zero attached hydrogens (tertiary/aromatic N) is 8. The highest BCUT2D eigenvalue weighted by molar-refractivity contribution is 6.36. The average Bonchev–Trinajstić information content (AvgIpc) is 3.47. The van der Waals surface area contributed by atoms with Crippen LogP contribution in [-0.2, 0) is 32.5 Å². The number of aromatic nitrogens is 5. The second-order valence-corrected chi connectivity index (χ2v) is 22.2. The van der Waals surface area contributed by atoms with Crippen LogP contribution < -0.4 is 15.0 Å². The number of nitrogens with one attached hydrogen (secondary N) is 1. The Morgan fingerprint density at radius 1 is 0.959 bits per heavy atom. The molecule has 6 atom stereocenters. The first-order chi connectivity index (χ1) is 35.5. The maximum absolute atomic E-state index is 17.5. The second kappa shape index (κ2) is 18.3. The summed E-state index contributed by atoms with van der Waals surface area (Å²) in [5.74, 6) is -0.403. The van der Waals surface area contributed by atoms with E-state index in [1.54, 1.807) is 18.2 Å². The number of piperidine rings is 4. The molecule has 380 valence electrons. The summed E-state index contributed by atoms with van der Waals surface area (Å²) in [6, 6.07) is 15.0. The van der Waals surface area contributed by atoms with Gasteiger partial charge >= 0.3 is 12.1 Å². The van der Waals surface area contributed by atoms with Gasteiger partial charge in [0, 0.05) is 79.6 Å². The van der Waals surface area contributed by atoms with Crippen LogP contribution in [0.3, 0.4) is 0 Å². The van der Waals surface area contributed by atoms with Crippen LogP contribution in [0.15, 0.2) is 48.5 Å². The third-order valence-corrected chi connectivity index (χ3v) is 17.8. The van der Waals surface area contributed by atoms with Gasteiger partial charge in [0.1, 0.15) is 29.4 Å². The van der Waals surface area contributed by atoms with Crippen molar-refractivity contribution < 1.29 is 38.1 Å². The van der Waals surface area contributed by atoms with E-state index in [0.717, 1.165) is 87.3 Å². The number of ether oxygens (including phenoxy) is 3. The number of amides is 3. The van der Waals surface area contributed by atoms with Gasteiger partial charge in [-0.15, -0.1) is 0 Å². The lowest BCUT2D eigenvalue weighted by molar-refractivity contribution is -0.134. The minimum Gasteiger partial charge on any atom is -0.508 e. The van der Waals surface area contributed by atoms with Crippen molar-refractivity contribution in [1.29, 1.82) is 0 Å². The molecule has 1 saturated carbocycles. The zero-order valence-electron chi connectivity index (χ0n) is 41.0. The van der Waals surface area contributed by atoms with Crippen molar-refractivity contribution in [2.75, 3.05) is 50.9 Å². The summed E-state index contributed by atoms with van der Waals surface area (Å²) < 4.78 is 38.5. The maximum atomic E-state index is 17.5. The molecular weight excluding hydrogens is 953 g/mol. The van der Waals surface area contributed by atoms with Crippen molar-refractivity contribution in [2.24, 2.45) is 18.4 Å². The lowest BCUT2D eigenvalue weighted by Crippen LogP contribution is -2.58. The number of phenols is 1. The lowest BCUT2D eigenvalue weighted by Gasteiger charge is -2.52. The Bertz CT molecular complexity index is 3230. The topological polar surface area (TPSA) is 177 Å². The van der Waals surface area contributed by atoms with Gasteiger partial charge in [-0.3, -0.25) is 24.5 Å². The fourth-order valence-corrected chi connectivity index (χ4v) is 13.9. The summed E-state index contributed by atoms with van der Waals surface area (Å²) in [6.07, 6.45) is 9.84. The van der Waals surface area contributed by atoms with Crippen LogP contribution >= 0.6 is 11.6 Å². The van der Waals surface area contributed by atoms with Crippen LogP contribution in [0.1, 0.15) is 106 Å². The summed E-state index contributed by atoms with van der Waals surface area (Å²) >= 11 is 6.77. The first-order valence-corrected chi connectivity index (χ1v) is 26.7. The first kappa shape index (κ1) is 46.6. The number of likely N-dealkylation sites (tertiary alicyclic amines) is 1. The molecule has 3 amide bonds. The van der Waals surface area contributed by atoms with Crippen molar-refractivity contribution in [3.05, 3.63) is 76.3 Å². The van der Waals surface area contributed by atoms with Crippen LogP contribution in [0.4, 0.5) is 15.0 Å². The summed E-state index contributed by atoms with van der Waals surface area (Å²) in [4.78, 5) is 59.7. The Hall–Kier alpha value is -6.17. The predicted molar refractivity (Wildman–Crippen MR) is 271 cm³/mol. The van der Waals surface area contributed by atoms with Crippen LogP contribution in [-0.4, -0.2) is 122 Å². The zero-order valence-corrected chi connectivity index (χ0v) is 41.7. The number of benzene rings is 3. The molecule has 73 heavy (non-hydrogen) atoms. The van der Waals surface area contributed by atoms with Gasteiger partial charge in [-0.05, 0) is 124 Å². The normalized spacial score (nSPS) is 26.1. The highest BCUT2D eigenvalue weighted by Gasteiger charge is 2.48. The van der Waals surface area contributed by atoms with Crippen molar-refractivity contribution in [2.45, 2.75) is 114 Å². The van der Waals surface area contributed by atoms with E-state index in [1.807, 2.05) is 22.7 Å². The van der Waals surface area contributed by atoms with E-state index in [0.29, 0.717) is 96.3 Å². The molecule has 1 aliphatic carbocycles. The molecule has 6 aliphatic heterocycles. The quantitative estimate of drug-likeness (QED) is 0.145. The molecule has 16 nitrogen and oxygen atoms in total. The standard InChI is InChI=1S/C55H59ClFN9O7/c1-63-42-24-31(9-12-37(42)47(62-63)38-13-15-43(68)59-51(38)69)33-26-55(27-33)16-20-64(21-17-55)54(70)72-29-35-10-8-30-6-3-18-66(35)52(30)73-53-60-49-45-41(14-11-34-28-71-22-4-19-65(34)50(45)61-53)58-48(46(49)57)39-25-36(67)23-32-5-2-7-40(56)44(32)39/h2,5,7,9,12,23-25,30,33-35,38,52,67H,3-4,6,8,10-11,13-22,26-29H2,1H3,(H,59,68,69)/t30-,34+,35+,38?,52?/m1/s1. The number of aryl methyl sites for hydroxylation is 2. The van der Waals surface area contributed by atoms with Crippen molar-refractivity contribution >= 4 is 67.9 Å². The van der Waals surface area contributed by atoms with Crippen molar-refractivity contribution in [3.63, 3.8) is 0 Å². The Kier molecular flexibility index (Phi) is 11.7. The van der Waals surface area contributed by atoms with E-state index >= 15 is 4.39 Å². The highest BCUT2D eigenvalue weighted by Crippen LogP contribution is 2.57. The summed E-state index contributed by atoms with van der Waals surface area (Å²) in [5, 5.41) is 21.3. The van der Waals surface area contributed by atoms with E-state index < -0.39 is 18.0 Å². The fraction of sp³-hybridized carbons (Fsp3) is 0.509. The number of hydrogen-bond donors (Lipinski definition) is 2. The summed E-state index contributed by atoms with van der Waals surface area (Å²) in [7, 11) is 1.91. The minimum absolute atomic E-state index is 0.00303. The predicted octanol–water partition coefficient (Wildman–Crippen LogP) is 8.67. The van der Waals surface area contributed by atoms with Crippen molar-refractivity contribution in [3.8, 4) is 23.0 Å². The number of phenolic OH excluding ortho intramolecular Hbond substituents is 1. The number of carbonyl (C=O) groups excluding carboxylic acids is 3. The maximum Gasteiger partial charge on any atom is 0.409 e. The van der Waals surface area contributed by atoms with Crippen LogP contribution in [0.5, 0.6) is 11.8 Å². The second-order valence-electron chi connectivity index (χ2n) is 21.8. The third-order valence-electron chi connectivity index (χ3n) is 17.5. The van der Waals surface area contributed by atoms with Gasteiger partial charge in [0.25, 0.3) is 0 Å². The van der Waals surface area contributed by atoms with Gasteiger partial charge in [-0.25, -0.2) is 14.2 Å². The van der Waals surface area contributed by atoms with Crippen LogP contribution in [0, 0.1) is 17.2 Å². The van der Waals surface area contributed by atoms with Crippen LogP contribution in [0.25, 0.3) is 43.8 Å². The molecule has 2 bridgehead atoms. The molecule has 6 fully saturated rings. The molecule has 3 aromatic heterocycles. The number of aromatic hydroxyl groups is 1. The Morgan fingerprint density at radius 2 is 1.82 bits per heavy atom. The monoisotopic (exact) mass is 1010 g/mol. The lowest BCUT2D eigenvalue weighted by atomic mass is 9.56. The molecule has 9 heterocycles. The molecule has 0 radical (unpaired) electrons. The van der Waals surface area contributed by atoms with Gasteiger partial charge in [0.05, 0.1) is 40.9 Å². The number of rotatable bonds is 7. The molecule has 6 aromatic rings. The fourth-order valence-electron chi connectivity index (χ4n) is 13.6. The molecular formula is C55H59ClFN9O7. The first-order valence-electron chi connectivity index (χ1n) is 26.3. The van der Waals surface area contributed by atoms with Gasteiger partial charge in [-0.2, -0.15) is 15.1 Å². The Labute approximate surface area is 426 Å². The molecule has 5 saturated heterocycles. The number of hydrogen-bond acceptors (Lipinski definition) is 13. The molecule has 1 spiro atoms. The van der Waals surface area contributed by atoms with E-state index in [1.165, 1.54) is 11.6 Å². The molecule has 13 rings (SSSR count). The average molecular weight is 1010 g/mol. The smallest absolute Gasteiger partial charge is 0.409 e. The summed E-state index contributed by atoms with van der Waals surface area (Å²) in [5.41, 5.74) is 4.41. The Morgan fingerprint density at radius 3 is 2.67 bits per heavy atom. The molecule has 2 N–H and O–H groups in total. The largest absolute Gasteiger partial charge is 0.508 e. The van der Waals surface area contributed by atoms with E-state index in [4.69, 9.17) is 45.9 Å². The number of halogens is 2. The van der Waals surface area contributed by atoms with Gasteiger partial charge in [0.2, 0.25) is 11.8 Å². The van der Waals surface area contributed by atoms with Gasteiger partial charge in [-0.1, -0.05) is 35.9 Å². The highest BCUT2D eigenvalue weighted by atomic mass is 35.5. The molecule has 3 aromatic carbocycles. The molecule has 18 heteroatoms. The SMILES string of the molecule is Cn1nc(C2CCC(=O)NC2=O)c2ccc(C3CC4(CCN(C(=O)OC[C@@H]5CC[C@H]6CCCN5C6Oc5nc6c7c(nc(-c8cc(O)cc9cccc(Cl)c89)c(F)c7n5)CC[C@H]5COCCCN65)CC4)C3)cc21. The third kappa shape index (κ3) is 8.20. The number of imide groups is 1. The summed E-state index contributed by atoms with van der Waals surface area (Å²) in [6.45, 7) is 4.12. The number of carbonyl (C=O) groups is 3. The van der Waals surface area contributed by atoms with Gasteiger partial charge in [0.15, 0.2) is 12.0 Å². The Balaban J connectivity index is 0.699. The van der Waals surface area contributed by atoms with Crippen LogP contribution in [0.2, 0.25) is 5.02 Å². The number of pyridine rings is 1. The minimum atomic E-state index is -0.635. The number of anilines is 1. The molecule has 7 aliphatic rings. The van der Waals surface area contributed by atoms with E-state index in [-0.39, 0.29) is 70.9 Å². The van der Waals surface area contributed by atoms with E-state index in [9.17, 15) is 19.5 Å².